The lowest BCUT2D eigenvalue weighted by molar-refractivity contribution is -0.120. The summed E-state index contributed by atoms with van der Waals surface area (Å²) in [5, 5.41) is 16.8. The van der Waals surface area contributed by atoms with Crippen molar-refractivity contribution in [2.75, 3.05) is 6.54 Å². The van der Waals surface area contributed by atoms with Crippen LogP contribution in [0.3, 0.4) is 0 Å². The molecule has 3 nitrogen and oxygen atoms in total. The van der Waals surface area contributed by atoms with Gasteiger partial charge in [0.2, 0.25) is 5.91 Å². The number of carbonyl (C=O) groups is 1. The first-order valence-electron chi connectivity index (χ1n) is 6.47. The molecule has 2 rings (SSSR count). The van der Waals surface area contributed by atoms with Crippen molar-refractivity contribution in [1.29, 1.82) is 0 Å². The summed E-state index contributed by atoms with van der Waals surface area (Å²) in [7, 11) is 0. The molecule has 2 atom stereocenters. The quantitative estimate of drug-likeness (QED) is 0.787. The molecule has 2 unspecified atom stereocenters. The van der Waals surface area contributed by atoms with E-state index in [2.05, 4.69) is 5.32 Å². The summed E-state index contributed by atoms with van der Waals surface area (Å²) in [5.41, 5.74) is 0.826. The molecule has 1 aromatic carbocycles. The Morgan fingerprint density at radius 3 is 2.86 bits per heavy atom. The van der Waals surface area contributed by atoms with Gasteiger partial charge in [-0.1, -0.05) is 23.7 Å². The van der Waals surface area contributed by atoms with Crippen LogP contribution in [-0.2, 0) is 4.79 Å². The number of thiophene rings is 1. The summed E-state index contributed by atoms with van der Waals surface area (Å²) in [4.78, 5) is 12.9. The fourth-order valence-corrected chi connectivity index (χ4v) is 3.59. The van der Waals surface area contributed by atoms with E-state index in [4.69, 9.17) is 11.6 Å². The third kappa shape index (κ3) is 4.74. The van der Waals surface area contributed by atoms with Crippen LogP contribution in [0.4, 0.5) is 0 Å². The van der Waals surface area contributed by atoms with Gasteiger partial charge in [-0.2, -0.15) is 11.3 Å². The van der Waals surface area contributed by atoms with Crippen molar-refractivity contribution in [1.82, 2.24) is 5.32 Å². The number of thioether (sulfide) groups is 1. The number of nitrogens with one attached hydrogen (secondary N) is 1. The van der Waals surface area contributed by atoms with Gasteiger partial charge >= 0.3 is 0 Å². The lowest BCUT2D eigenvalue weighted by atomic mass is 10.2. The highest BCUT2D eigenvalue weighted by atomic mass is 35.5. The highest BCUT2D eigenvalue weighted by Gasteiger charge is 2.17. The first kappa shape index (κ1) is 16.4. The average Bonchev–Trinajstić information content (AvgIpc) is 3.01. The zero-order chi connectivity index (χ0) is 15.2. The first-order valence-corrected chi connectivity index (χ1v) is 8.67. The van der Waals surface area contributed by atoms with Gasteiger partial charge in [-0.05, 0) is 41.4 Å². The zero-order valence-electron chi connectivity index (χ0n) is 11.5. The molecular formula is C15H16ClNO2S2. The van der Waals surface area contributed by atoms with Crippen molar-refractivity contribution in [3.05, 3.63) is 51.7 Å². The number of benzene rings is 1. The summed E-state index contributed by atoms with van der Waals surface area (Å²) in [6, 6.07) is 9.28. The number of halogens is 1. The molecular weight excluding hydrogens is 326 g/mol. The molecule has 0 aliphatic heterocycles. The Hall–Kier alpha value is -1.01. The first-order chi connectivity index (χ1) is 10.1. The normalized spacial score (nSPS) is 13.7. The van der Waals surface area contributed by atoms with Gasteiger partial charge in [0.05, 0.1) is 16.4 Å². The monoisotopic (exact) mass is 341 g/mol. The van der Waals surface area contributed by atoms with E-state index in [1.165, 1.54) is 23.1 Å². The molecule has 112 valence electrons. The topological polar surface area (TPSA) is 49.3 Å². The molecule has 1 aromatic heterocycles. The van der Waals surface area contributed by atoms with E-state index < -0.39 is 6.10 Å². The fourth-order valence-electron chi connectivity index (χ4n) is 1.71. The maximum absolute atomic E-state index is 12.0. The average molecular weight is 342 g/mol. The van der Waals surface area contributed by atoms with E-state index in [9.17, 15) is 9.90 Å². The summed E-state index contributed by atoms with van der Waals surface area (Å²) in [5.74, 6) is -0.116. The number of hydrogen-bond acceptors (Lipinski definition) is 4. The molecule has 2 aromatic rings. The predicted octanol–water partition coefficient (Wildman–Crippen LogP) is 3.73. The maximum Gasteiger partial charge on any atom is 0.233 e. The van der Waals surface area contributed by atoms with Gasteiger partial charge < -0.3 is 10.4 Å². The lowest BCUT2D eigenvalue weighted by Gasteiger charge is -2.15. The van der Waals surface area contributed by atoms with Crippen LogP contribution in [0.2, 0.25) is 5.02 Å². The molecule has 0 spiro atoms. The molecule has 1 amide bonds. The number of amides is 1. The Morgan fingerprint density at radius 2 is 2.19 bits per heavy atom. The Kier molecular flexibility index (Phi) is 6.11. The van der Waals surface area contributed by atoms with E-state index in [1.807, 2.05) is 41.9 Å². The van der Waals surface area contributed by atoms with Gasteiger partial charge in [-0.25, -0.2) is 0 Å². The minimum atomic E-state index is -0.669. The maximum atomic E-state index is 12.0. The van der Waals surface area contributed by atoms with Crippen molar-refractivity contribution in [3.63, 3.8) is 0 Å². The molecule has 2 N–H and O–H groups in total. The molecule has 0 saturated carbocycles. The summed E-state index contributed by atoms with van der Waals surface area (Å²) >= 11 is 9.00. The van der Waals surface area contributed by atoms with E-state index in [1.54, 1.807) is 6.07 Å². The molecule has 0 radical (unpaired) electrons. The van der Waals surface area contributed by atoms with Crippen LogP contribution >= 0.6 is 34.7 Å². The molecule has 21 heavy (non-hydrogen) atoms. The van der Waals surface area contributed by atoms with Crippen LogP contribution in [0, 0.1) is 0 Å². The van der Waals surface area contributed by atoms with Gasteiger partial charge in [0, 0.05) is 11.4 Å². The van der Waals surface area contributed by atoms with Crippen molar-refractivity contribution < 1.29 is 9.90 Å². The second-order valence-electron chi connectivity index (χ2n) is 4.51. The second kappa shape index (κ2) is 7.84. The number of hydrogen-bond donors (Lipinski definition) is 2. The van der Waals surface area contributed by atoms with Crippen LogP contribution in [0.15, 0.2) is 46.0 Å². The summed E-state index contributed by atoms with van der Waals surface area (Å²) in [6.45, 7) is 2.03. The number of aliphatic hydroxyl groups is 1. The van der Waals surface area contributed by atoms with Crippen LogP contribution in [-0.4, -0.2) is 22.8 Å². The standard InChI is InChI=1S/C15H16ClNO2S2/c1-10(21-14-5-3-2-4-12(14)16)15(19)17-8-13(18)11-6-7-20-9-11/h2-7,9-10,13,18H,8H2,1H3,(H,17,19). The summed E-state index contributed by atoms with van der Waals surface area (Å²) in [6.07, 6.45) is -0.669. The molecule has 0 bridgehead atoms. The highest BCUT2D eigenvalue weighted by molar-refractivity contribution is 8.00. The molecule has 0 saturated heterocycles. The third-order valence-electron chi connectivity index (χ3n) is 2.91. The number of carbonyl (C=O) groups excluding carboxylic acids is 1. The molecule has 0 fully saturated rings. The van der Waals surface area contributed by atoms with Crippen molar-refractivity contribution in [2.24, 2.45) is 0 Å². The lowest BCUT2D eigenvalue weighted by Crippen LogP contribution is -2.34. The van der Waals surface area contributed by atoms with E-state index in [0.717, 1.165) is 10.5 Å². The van der Waals surface area contributed by atoms with Crippen molar-refractivity contribution in [2.45, 2.75) is 23.2 Å². The molecule has 0 aliphatic rings. The smallest absolute Gasteiger partial charge is 0.233 e. The predicted molar refractivity (Wildman–Crippen MR) is 89.1 cm³/mol. The van der Waals surface area contributed by atoms with Gasteiger partial charge in [0.25, 0.3) is 0 Å². The Balaban J connectivity index is 1.84. The van der Waals surface area contributed by atoms with E-state index >= 15 is 0 Å². The Morgan fingerprint density at radius 1 is 1.43 bits per heavy atom. The SMILES string of the molecule is CC(Sc1ccccc1Cl)C(=O)NCC(O)c1ccsc1. The molecule has 1 heterocycles. The van der Waals surface area contributed by atoms with Crippen LogP contribution in [0.25, 0.3) is 0 Å². The highest BCUT2D eigenvalue weighted by Crippen LogP contribution is 2.30. The van der Waals surface area contributed by atoms with Crippen molar-refractivity contribution in [3.8, 4) is 0 Å². The van der Waals surface area contributed by atoms with Gasteiger partial charge in [0.1, 0.15) is 0 Å². The number of aliphatic hydroxyl groups excluding tert-OH is 1. The fraction of sp³-hybridized carbons (Fsp3) is 0.267. The van der Waals surface area contributed by atoms with Gasteiger partial charge in [-0.15, -0.1) is 11.8 Å². The van der Waals surface area contributed by atoms with E-state index in [-0.39, 0.29) is 17.7 Å². The largest absolute Gasteiger partial charge is 0.387 e. The Labute approximate surface area is 137 Å². The van der Waals surface area contributed by atoms with Gasteiger partial charge in [-0.3, -0.25) is 4.79 Å². The molecule has 6 heteroatoms. The second-order valence-corrected chi connectivity index (χ2v) is 7.08. The number of rotatable bonds is 6. The van der Waals surface area contributed by atoms with Crippen LogP contribution in [0.1, 0.15) is 18.6 Å². The third-order valence-corrected chi connectivity index (χ3v) is 5.23. The van der Waals surface area contributed by atoms with Gasteiger partial charge in [0.15, 0.2) is 0 Å². The van der Waals surface area contributed by atoms with Crippen LogP contribution < -0.4 is 5.32 Å². The van der Waals surface area contributed by atoms with E-state index in [0.29, 0.717) is 5.02 Å². The van der Waals surface area contributed by atoms with Crippen molar-refractivity contribution >= 4 is 40.6 Å². The molecule has 0 aliphatic carbocycles. The Bertz CT molecular complexity index is 589. The van der Waals surface area contributed by atoms with Crippen LogP contribution in [0.5, 0.6) is 0 Å². The minimum absolute atomic E-state index is 0.116. The minimum Gasteiger partial charge on any atom is -0.387 e. The zero-order valence-corrected chi connectivity index (χ0v) is 13.8. The summed E-state index contributed by atoms with van der Waals surface area (Å²) < 4.78 is 0.